The van der Waals surface area contributed by atoms with Gasteiger partial charge in [0.15, 0.2) is 0 Å². The molecule has 6 nitrogen and oxygen atoms in total. The summed E-state index contributed by atoms with van der Waals surface area (Å²) in [5.41, 5.74) is 0. The predicted octanol–water partition coefficient (Wildman–Crippen LogP) is -5.89. The fraction of sp³-hybridized carbons (Fsp3) is 0. The minimum absolute atomic E-state index is 0. The molecule has 15 heavy (non-hydrogen) atoms. The van der Waals surface area contributed by atoms with Crippen molar-refractivity contribution in [1.29, 1.82) is 31.6 Å². The molecule has 0 spiro atoms. The predicted molar refractivity (Wildman–Crippen MR) is 33.7 cm³/mol. The maximum absolute atomic E-state index is 8.58. The molecule has 0 atom stereocenters. The van der Waals surface area contributed by atoms with Gasteiger partial charge in [0.1, 0.15) is 0 Å². The molecule has 0 aliphatic rings. The molecule has 0 aromatic rings. The molecule has 0 N–H and O–H groups in total. The van der Waals surface area contributed by atoms with Crippen LogP contribution in [0.4, 0.5) is 0 Å². The molecular formula is C6K2MnN6. The van der Waals surface area contributed by atoms with Crippen LogP contribution in [-0.4, -0.2) is 0 Å². The van der Waals surface area contributed by atoms with E-state index in [0.29, 0.717) is 0 Å². The molecule has 0 aliphatic carbocycles. The molecular weight excluding hydrogens is 289 g/mol. The first-order valence-electron chi connectivity index (χ1n) is 2.48. The van der Waals surface area contributed by atoms with Gasteiger partial charge in [-0.25, -0.2) is 0 Å². The van der Waals surface area contributed by atoms with Gasteiger partial charge >= 0.3 is 175 Å². The van der Waals surface area contributed by atoms with Crippen molar-refractivity contribution in [3.63, 3.8) is 0 Å². The van der Waals surface area contributed by atoms with Crippen LogP contribution >= 0.6 is 0 Å². The van der Waals surface area contributed by atoms with Gasteiger partial charge in [0, 0.05) is 0 Å². The van der Waals surface area contributed by atoms with Crippen LogP contribution in [0.3, 0.4) is 0 Å². The maximum Gasteiger partial charge on any atom is 1.00 e. The molecule has 0 unspecified atom stereocenters. The summed E-state index contributed by atoms with van der Waals surface area (Å²) in [6, 6.07) is 0. The molecule has 0 bridgehead atoms. The van der Waals surface area contributed by atoms with E-state index in [0.717, 1.165) is 29.8 Å². The minimum Gasteiger partial charge on any atom is 1.00 e. The summed E-state index contributed by atoms with van der Waals surface area (Å²) in [4.78, 5) is 6.25. The molecule has 0 saturated carbocycles. The van der Waals surface area contributed by atoms with Crippen molar-refractivity contribution in [2.75, 3.05) is 0 Å². The molecule has 0 rings (SSSR count). The van der Waals surface area contributed by atoms with Crippen molar-refractivity contribution < 1.29 is 114 Å². The van der Waals surface area contributed by atoms with Crippen molar-refractivity contribution in [2.45, 2.75) is 0 Å². The van der Waals surface area contributed by atoms with Crippen molar-refractivity contribution in [1.82, 2.24) is 0 Å². The second kappa shape index (κ2) is 5.88. The Hall–Kier alpha value is 0.732. The van der Waals surface area contributed by atoms with Crippen molar-refractivity contribution in [2.24, 2.45) is 0 Å². The Labute approximate surface area is 170 Å². The molecule has 0 amide bonds. The van der Waals surface area contributed by atoms with Gasteiger partial charge in [-0.05, 0) is 0 Å². The Bertz CT molecular complexity index is 395. The SMILES string of the molecule is N#[C][Mn-2]([C]#N)([C]#N)([C]#N)([C]#N)[C]#N.[K+].[K+]. The summed E-state index contributed by atoms with van der Waals surface area (Å²) in [5, 5.41) is 51.5. The van der Waals surface area contributed by atoms with E-state index in [1.807, 2.05) is 0 Å². The van der Waals surface area contributed by atoms with Crippen LogP contribution in [0.2, 0.25) is 0 Å². The Morgan fingerprint density at radius 1 is 0.467 bits per heavy atom. The third-order valence-corrected chi connectivity index (χ3v) is 5.23. The van der Waals surface area contributed by atoms with E-state index in [9.17, 15) is 0 Å². The molecule has 0 aromatic heterocycles. The zero-order valence-corrected chi connectivity index (χ0v) is 15.5. The molecule has 0 radical (unpaired) electrons. The second-order valence-corrected chi connectivity index (χ2v) is 7.93. The summed E-state index contributed by atoms with van der Waals surface area (Å²) in [5.74, 6) is 0. The molecule has 0 aliphatic heterocycles. The largest absolute Gasteiger partial charge is 1.00 e. The molecule has 0 heterocycles. The molecule has 0 aromatic carbocycles. The molecule has 0 fully saturated rings. The standard InChI is InChI=1S/6CN.2K.Mn/c6*1-2;;;/q;;;;;;2*+1;-2. The van der Waals surface area contributed by atoms with Crippen LogP contribution in [0, 0.1) is 61.4 Å². The van der Waals surface area contributed by atoms with E-state index < -0.39 is 10.7 Å². The van der Waals surface area contributed by atoms with Gasteiger partial charge in [-0.1, -0.05) is 0 Å². The van der Waals surface area contributed by atoms with E-state index in [1.165, 1.54) is 0 Å². The zero-order chi connectivity index (χ0) is 10.7. The van der Waals surface area contributed by atoms with Crippen LogP contribution in [0.15, 0.2) is 0 Å². The summed E-state index contributed by atoms with van der Waals surface area (Å²) in [6.45, 7) is 0. The fourth-order valence-corrected chi connectivity index (χ4v) is 1.17. The summed E-state index contributed by atoms with van der Waals surface area (Å²) >= 11 is 0. The Morgan fingerprint density at radius 2 is 0.600 bits per heavy atom. The molecule has 63 valence electrons. The topological polar surface area (TPSA) is 143 Å². The smallest absolute Gasteiger partial charge is 1.00 e. The summed E-state index contributed by atoms with van der Waals surface area (Å²) < 4.78 is 0. The number of hydrogen-bond acceptors (Lipinski definition) is 6. The van der Waals surface area contributed by atoms with Crippen molar-refractivity contribution in [3.05, 3.63) is 0 Å². The second-order valence-electron chi connectivity index (χ2n) is 1.92. The maximum atomic E-state index is 8.58. The van der Waals surface area contributed by atoms with Gasteiger partial charge in [0.05, 0.1) is 0 Å². The van der Waals surface area contributed by atoms with Crippen LogP contribution in [-0.2, 0) is 10.7 Å². The molecule has 0 saturated heterocycles. The quantitative estimate of drug-likeness (QED) is 0.406. The van der Waals surface area contributed by atoms with E-state index in [2.05, 4.69) is 0 Å². The van der Waals surface area contributed by atoms with Crippen LogP contribution in [0.5, 0.6) is 0 Å². The van der Waals surface area contributed by atoms with E-state index in [4.69, 9.17) is 31.6 Å². The van der Waals surface area contributed by atoms with E-state index in [1.54, 1.807) is 0 Å². The van der Waals surface area contributed by atoms with Crippen LogP contribution in [0.1, 0.15) is 0 Å². The van der Waals surface area contributed by atoms with Crippen molar-refractivity contribution >= 4 is 0 Å². The summed E-state index contributed by atoms with van der Waals surface area (Å²) in [6.07, 6.45) is 0. The number of nitrogens with zero attached hydrogens (tertiary/aromatic N) is 6. The normalized spacial score (nSPS) is 11.6. The van der Waals surface area contributed by atoms with Gasteiger partial charge in [0.25, 0.3) is 0 Å². The minimum atomic E-state index is -6.30. The molecule has 9 heteroatoms. The van der Waals surface area contributed by atoms with Crippen LogP contribution in [0.25, 0.3) is 0 Å². The Morgan fingerprint density at radius 3 is 0.600 bits per heavy atom. The van der Waals surface area contributed by atoms with Gasteiger partial charge in [0.2, 0.25) is 0 Å². The average Bonchev–Trinajstić information content (AvgIpc) is 2.26. The average molecular weight is 289 g/mol. The van der Waals surface area contributed by atoms with Crippen LogP contribution < -0.4 is 103 Å². The first kappa shape index (κ1) is 21.1. The third-order valence-electron chi connectivity index (χ3n) is 1.27. The number of rotatable bonds is 0. The summed E-state index contributed by atoms with van der Waals surface area (Å²) in [7, 11) is -6.30. The fourth-order valence-electron chi connectivity index (χ4n) is 0.283. The van der Waals surface area contributed by atoms with Gasteiger partial charge in [-0.2, -0.15) is 0 Å². The Balaban J connectivity index is -0.000000720. The monoisotopic (exact) mass is 289 g/mol. The number of hydrogen-bond donors (Lipinski definition) is 0. The first-order valence-corrected chi connectivity index (χ1v) is 6.02. The van der Waals surface area contributed by atoms with E-state index >= 15 is 0 Å². The van der Waals surface area contributed by atoms with E-state index in [-0.39, 0.29) is 103 Å². The zero-order valence-electron chi connectivity index (χ0n) is 8.06. The van der Waals surface area contributed by atoms with Gasteiger partial charge in [-0.3, -0.25) is 0 Å². The van der Waals surface area contributed by atoms with Gasteiger partial charge in [-0.15, -0.1) is 0 Å². The first-order chi connectivity index (χ1) is 5.97. The Kier molecular flexibility index (Phi) is 8.26. The number of nitriles is 6. The third kappa shape index (κ3) is 2.53. The van der Waals surface area contributed by atoms with Gasteiger partial charge < -0.3 is 0 Å². The van der Waals surface area contributed by atoms with Crippen molar-refractivity contribution in [3.8, 4) is 29.8 Å².